The zero-order valence-corrected chi connectivity index (χ0v) is 13.1. The van der Waals surface area contributed by atoms with Crippen molar-refractivity contribution in [3.63, 3.8) is 0 Å². The number of rotatable bonds is 7. The summed E-state index contributed by atoms with van der Waals surface area (Å²) in [5.74, 6) is 0.712. The van der Waals surface area contributed by atoms with Crippen LogP contribution in [0, 0.1) is 10.1 Å². The summed E-state index contributed by atoms with van der Waals surface area (Å²) in [4.78, 5) is 30.2. The molecule has 1 N–H and O–H groups in total. The molecule has 2 rings (SSSR count). The van der Waals surface area contributed by atoms with E-state index in [4.69, 9.17) is 4.74 Å². The van der Waals surface area contributed by atoms with Gasteiger partial charge in [0, 0.05) is 45.9 Å². The lowest BCUT2D eigenvalue weighted by molar-refractivity contribution is -0.385. The topological polar surface area (TPSA) is 101 Å². The summed E-state index contributed by atoms with van der Waals surface area (Å²) in [5, 5.41) is 13.4. The van der Waals surface area contributed by atoms with Crippen molar-refractivity contribution in [1.29, 1.82) is 0 Å². The van der Waals surface area contributed by atoms with Gasteiger partial charge in [0.2, 0.25) is 5.91 Å². The molecule has 2 heterocycles. The lowest BCUT2D eigenvalue weighted by Gasteiger charge is -2.34. The molecule has 0 spiro atoms. The van der Waals surface area contributed by atoms with Gasteiger partial charge in [0.1, 0.15) is 12.0 Å². The third kappa shape index (κ3) is 5.15. The Morgan fingerprint density at radius 2 is 2.13 bits per heavy atom. The SMILES string of the molecule is COCCNC(=O)CN1CCN(c2ccc([N+](=O)[O-])cn2)CC1. The van der Waals surface area contributed by atoms with E-state index in [0.717, 1.165) is 32.0 Å². The summed E-state index contributed by atoms with van der Waals surface area (Å²) in [5.41, 5.74) is -0.0138. The van der Waals surface area contributed by atoms with Crippen LogP contribution >= 0.6 is 0 Å². The Balaban J connectivity index is 1.77. The van der Waals surface area contributed by atoms with Crippen LogP contribution in [0.3, 0.4) is 0 Å². The van der Waals surface area contributed by atoms with Crippen LogP contribution in [0.15, 0.2) is 18.3 Å². The van der Waals surface area contributed by atoms with Crippen molar-refractivity contribution < 1.29 is 14.5 Å². The van der Waals surface area contributed by atoms with Gasteiger partial charge in [0.15, 0.2) is 0 Å². The van der Waals surface area contributed by atoms with Gasteiger partial charge in [-0.1, -0.05) is 0 Å². The largest absolute Gasteiger partial charge is 0.383 e. The molecule has 0 bridgehead atoms. The van der Waals surface area contributed by atoms with Crippen molar-refractivity contribution in [2.24, 2.45) is 0 Å². The minimum Gasteiger partial charge on any atom is -0.383 e. The average Bonchev–Trinajstić information content (AvgIpc) is 2.56. The van der Waals surface area contributed by atoms with Gasteiger partial charge in [0.25, 0.3) is 5.69 Å². The molecule has 0 unspecified atom stereocenters. The van der Waals surface area contributed by atoms with E-state index in [1.54, 1.807) is 13.2 Å². The molecule has 1 aromatic heterocycles. The van der Waals surface area contributed by atoms with Crippen molar-refractivity contribution >= 4 is 17.4 Å². The Hall–Kier alpha value is -2.26. The summed E-state index contributed by atoms with van der Waals surface area (Å²) in [6.45, 7) is 4.34. The average molecular weight is 323 g/mol. The third-order valence-corrected chi connectivity index (χ3v) is 3.63. The molecular weight excluding hydrogens is 302 g/mol. The number of hydrogen-bond acceptors (Lipinski definition) is 7. The second kappa shape index (κ2) is 8.39. The molecule has 0 radical (unpaired) electrons. The van der Waals surface area contributed by atoms with Crippen LogP contribution in [0.25, 0.3) is 0 Å². The second-order valence-electron chi connectivity index (χ2n) is 5.24. The van der Waals surface area contributed by atoms with Crippen molar-refractivity contribution in [3.8, 4) is 0 Å². The number of nitro groups is 1. The highest BCUT2D eigenvalue weighted by atomic mass is 16.6. The fourth-order valence-corrected chi connectivity index (χ4v) is 2.36. The van der Waals surface area contributed by atoms with E-state index in [1.807, 2.05) is 0 Å². The van der Waals surface area contributed by atoms with E-state index < -0.39 is 4.92 Å². The first-order valence-electron chi connectivity index (χ1n) is 7.43. The first-order chi connectivity index (χ1) is 11.1. The van der Waals surface area contributed by atoms with Gasteiger partial charge in [0.05, 0.1) is 18.1 Å². The molecule has 0 aliphatic carbocycles. The predicted octanol–water partition coefficient (Wildman–Crippen LogP) is -0.126. The van der Waals surface area contributed by atoms with Crippen LogP contribution < -0.4 is 10.2 Å². The lowest BCUT2D eigenvalue weighted by Crippen LogP contribution is -2.50. The molecule has 1 amide bonds. The Bertz CT molecular complexity index is 528. The molecule has 9 heteroatoms. The number of amides is 1. The molecule has 1 aromatic rings. The summed E-state index contributed by atoms with van der Waals surface area (Å²) in [6.07, 6.45) is 1.27. The quantitative estimate of drug-likeness (QED) is 0.424. The van der Waals surface area contributed by atoms with E-state index >= 15 is 0 Å². The Labute approximate surface area is 134 Å². The first-order valence-corrected chi connectivity index (χ1v) is 7.43. The summed E-state index contributed by atoms with van der Waals surface area (Å²) in [7, 11) is 1.59. The van der Waals surface area contributed by atoms with Crippen LogP contribution in [0.1, 0.15) is 0 Å². The van der Waals surface area contributed by atoms with Crippen LogP contribution in [0.2, 0.25) is 0 Å². The zero-order valence-electron chi connectivity index (χ0n) is 13.1. The molecule has 23 heavy (non-hydrogen) atoms. The number of nitrogens with zero attached hydrogens (tertiary/aromatic N) is 4. The molecule has 1 fully saturated rings. The van der Waals surface area contributed by atoms with Crippen LogP contribution in [0.4, 0.5) is 11.5 Å². The molecule has 0 aromatic carbocycles. The molecule has 0 atom stereocenters. The van der Waals surface area contributed by atoms with E-state index in [9.17, 15) is 14.9 Å². The lowest BCUT2D eigenvalue weighted by atomic mass is 10.3. The maximum Gasteiger partial charge on any atom is 0.287 e. The number of nitrogens with one attached hydrogen (secondary N) is 1. The van der Waals surface area contributed by atoms with Gasteiger partial charge < -0.3 is 15.0 Å². The number of anilines is 1. The van der Waals surface area contributed by atoms with Gasteiger partial charge in [-0.2, -0.15) is 0 Å². The highest BCUT2D eigenvalue weighted by molar-refractivity contribution is 5.78. The second-order valence-corrected chi connectivity index (χ2v) is 5.24. The van der Waals surface area contributed by atoms with E-state index in [1.165, 1.54) is 12.3 Å². The van der Waals surface area contributed by atoms with Gasteiger partial charge in [-0.3, -0.25) is 19.8 Å². The monoisotopic (exact) mass is 323 g/mol. The molecular formula is C14H21N5O4. The Morgan fingerprint density at radius 3 is 2.70 bits per heavy atom. The van der Waals surface area contributed by atoms with Crippen molar-refractivity contribution in [2.45, 2.75) is 0 Å². The minimum absolute atomic E-state index is 0.0102. The molecule has 126 valence electrons. The number of methoxy groups -OCH3 is 1. The van der Waals surface area contributed by atoms with E-state index in [2.05, 4.69) is 20.1 Å². The van der Waals surface area contributed by atoms with Gasteiger partial charge in [-0.05, 0) is 6.07 Å². The highest BCUT2D eigenvalue weighted by Crippen LogP contribution is 2.17. The zero-order chi connectivity index (χ0) is 16.7. The summed E-state index contributed by atoms with van der Waals surface area (Å²) >= 11 is 0. The maximum atomic E-state index is 11.7. The van der Waals surface area contributed by atoms with Crippen LogP contribution in [0.5, 0.6) is 0 Å². The third-order valence-electron chi connectivity index (χ3n) is 3.63. The van der Waals surface area contributed by atoms with E-state index in [-0.39, 0.29) is 11.6 Å². The number of aromatic nitrogens is 1. The van der Waals surface area contributed by atoms with Crippen molar-refractivity contribution in [3.05, 3.63) is 28.4 Å². The van der Waals surface area contributed by atoms with E-state index in [0.29, 0.717) is 19.7 Å². The number of pyridine rings is 1. The minimum atomic E-state index is -0.461. The van der Waals surface area contributed by atoms with Crippen molar-refractivity contribution in [2.75, 3.05) is 57.9 Å². The fourth-order valence-electron chi connectivity index (χ4n) is 2.36. The molecule has 1 aliphatic heterocycles. The molecule has 1 aliphatic rings. The van der Waals surface area contributed by atoms with Gasteiger partial charge in [-0.15, -0.1) is 0 Å². The van der Waals surface area contributed by atoms with Gasteiger partial charge >= 0.3 is 0 Å². The Kier molecular flexibility index (Phi) is 6.24. The highest BCUT2D eigenvalue weighted by Gasteiger charge is 2.20. The number of piperazine rings is 1. The fraction of sp³-hybridized carbons (Fsp3) is 0.571. The van der Waals surface area contributed by atoms with Crippen LogP contribution in [-0.4, -0.2) is 73.7 Å². The van der Waals surface area contributed by atoms with Gasteiger partial charge in [-0.25, -0.2) is 4.98 Å². The van der Waals surface area contributed by atoms with Crippen LogP contribution in [-0.2, 0) is 9.53 Å². The normalized spacial score (nSPS) is 15.4. The molecule has 0 saturated carbocycles. The predicted molar refractivity (Wildman–Crippen MR) is 84.4 cm³/mol. The number of ether oxygens (including phenoxy) is 1. The first kappa shape index (κ1) is 17.1. The molecule has 9 nitrogen and oxygen atoms in total. The Morgan fingerprint density at radius 1 is 1.39 bits per heavy atom. The smallest absolute Gasteiger partial charge is 0.287 e. The number of carbonyl (C=O) groups excluding carboxylic acids is 1. The number of carbonyl (C=O) groups is 1. The number of hydrogen-bond donors (Lipinski definition) is 1. The summed E-state index contributed by atoms with van der Waals surface area (Å²) < 4.78 is 4.88. The van der Waals surface area contributed by atoms with Crippen molar-refractivity contribution in [1.82, 2.24) is 15.2 Å². The standard InChI is InChI=1S/C14H21N5O4/c1-23-9-4-15-14(20)11-17-5-7-18(8-6-17)13-3-2-12(10-16-13)19(21)22/h2-3,10H,4-9,11H2,1H3,(H,15,20). The maximum absolute atomic E-state index is 11.7. The molecule has 1 saturated heterocycles. The summed E-state index contributed by atoms with van der Waals surface area (Å²) in [6, 6.07) is 3.11.